The predicted molar refractivity (Wildman–Crippen MR) is 133 cm³/mol. The molecule has 0 bridgehead atoms. The minimum atomic E-state index is -0.260. The smallest absolute Gasteiger partial charge is 0.117 e. The van der Waals surface area contributed by atoms with Crippen molar-refractivity contribution in [3.63, 3.8) is 0 Å². The van der Waals surface area contributed by atoms with Gasteiger partial charge in [-0.1, -0.05) is 114 Å². The summed E-state index contributed by atoms with van der Waals surface area (Å²) in [5.74, 6) is 0. The second-order valence-corrected chi connectivity index (χ2v) is 10.1. The Labute approximate surface area is 188 Å². The Kier molecular flexibility index (Phi) is 15.2. The molecule has 2 heteroatoms. The summed E-state index contributed by atoms with van der Waals surface area (Å²) >= 11 is 0. The van der Waals surface area contributed by atoms with E-state index in [0.29, 0.717) is 6.04 Å². The number of benzene rings is 1. The third-order valence-corrected chi connectivity index (χ3v) is 6.68. The van der Waals surface area contributed by atoms with E-state index in [9.17, 15) is 5.11 Å². The summed E-state index contributed by atoms with van der Waals surface area (Å²) in [6.45, 7) is 5.39. The summed E-state index contributed by atoms with van der Waals surface area (Å²) in [5.41, 5.74) is 1.36. The van der Waals surface area contributed by atoms with Crippen LogP contribution in [0.15, 0.2) is 30.3 Å². The summed E-state index contributed by atoms with van der Waals surface area (Å²) in [7, 11) is 4.67. The second kappa shape index (κ2) is 16.8. The molecule has 1 N–H and O–H groups in total. The highest BCUT2D eigenvalue weighted by molar-refractivity contribution is 5.17. The largest absolute Gasteiger partial charge is 0.393 e. The van der Waals surface area contributed by atoms with Gasteiger partial charge in [-0.3, -0.25) is 0 Å². The third-order valence-electron chi connectivity index (χ3n) is 6.68. The maximum atomic E-state index is 10.0. The van der Waals surface area contributed by atoms with Crippen molar-refractivity contribution >= 4 is 0 Å². The van der Waals surface area contributed by atoms with Gasteiger partial charge in [-0.2, -0.15) is 0 Å². The molecular formula is C28H52NO+. The number of quaternary nitrogens is 1. The highest BCUT2D eigenvalue weighted by Gasteiger charge is 2.30. The molecule has 0 heterocycles. The van der Waals surface area contributed by atoms with Gasteiger partial charge in [0.25, 0.3) is 0 Å². The van der Waals surface area contributed by atoms with Crippen molar-refractivity contribution in [2.75, 3.05) is 20.6 Å². The van der Waals surface area contributed by atoms with Crippen LogP contribution in [0, 0.1) is 0 Å². The monoisotopic (exact) mass is 418 g/mol. The van der Waals surface area contributed by atoms with Crippen LogP contribution in [-0.4, -0.2) is 36.3 Å². The highest BCUT2D eigenvalue weighted by Crippen LogP contribution is 2.30. The molecule has 0 radical (unpaired) electrons. The van der Waals surface area contributed by atoms with E-state index in [1.54, 1.807) is 0 Å². The lowest BCUT2D eigenvalue weighted by Crippen LogP contribution is -2.45. The Morgan fingerprint density at radius 3 is 1.57 bits per heavy atom. The van der Waals surface area contributed by atoms with Gasteiger partial charge in [-0.05, 0) is 19.8 Å². The molecule has 0 aromatic heterocycles. The van der Waals surface area contributed by atoms with Crippen LogP contribution in [0.1, 0.15) is 122 Å². The molecule has 0 saturated carbocycles. The molecule has 1 aromatic carbocycles. The zero-order valence-corrected chi connectivity index (χ0v) is 20.7. The fraction of sp³-hybridized carbons (Fsp3) is 0.786. The molecule has 0 saturated heterocycles. The first-order valence-electron chi connectivity index (χ1n) is 13.0. The van der Waals surface area contributed by atoms with Crippen molar-refractivity contribution in [1.29, 1.82) is 0 Å². The van der Waals surface area contributed by atoms with E-state index in [2.05, 4.69) is 51.4 Å². The van der Waals surface area contributed by atoms with Gasteiger partial charge in [0.15, 0.2) is 0 Å². The van der Waals surface area contributed by atoms with E-state index >= 15 is 0 Å². The van der Waals surface area contributed by atoms with Crippen LogP contribution in [0.2, 0.25) is 0 Å². The van der Waals surface area contributed by atoms with E-state index in [0.717, 1.165) is 10.9 Å². The van der Waals surface area contributed by atoms with Crippen LogP contribution >= 0.6 is 0 Å². The quantitative estimate of drug-likeness (QED) is 0.178. The van der Waals surface area contributed by atoms with Crippen LogP contribution in [0.25, 0.3) is 0 Å². The van der Waals surface area contributed by atoms with Crippen molar-refractivity contribution < 1.29 is 9.59 Å². The molecule has 1 aromatic rings. The molecule has 2 unspecified atom stereocenters. The lowest BCUT2D eigenvalue weighted by Gasteiger charge is -2.39. The lowest BCUT2D eigenvalue weighted by molar-refractivity contribution is -0.922. The van der Waals surface area contributed by atoms with Gasteiger partial charge in [0.1, 0.15) is 6.04 Å². The summed E-state index contributed by atoms with van der Waals surface area (Å²) in [6, 6.07) is 11.1. The van der Waals surface area contributed by atoms with E-state index < -0.39 is 0 Å². The Morgan fingerprint density at radius 1 is 0.700 bits per heavy atom. The summed E-state index contributed by atoms with van der Waals surface area (Å²) in [6.07, 6.45) is 20.3. The standard InChI is InChI=1S/C28H52NO/c1-5-6-7-8-9-10-11-12-13-14-15-16-17-21-24-29(3,4)28(25-26(2)30)27-22-19-18-20-23-27/h18-20,22-23,26,28,30H,5-17,21,24-25H2,1-4H3/q+1. The van der Waals surface area contributed by atoms with Gasteiger partial charge in [0.05, 0.1) is 26.7 Å². The van der Waals surface area contributed by atoms with E-state index in [4.69, 9.17) is 0 Å². The Balaban J connectivity index is 2.13. The van der Waals surface area contributed by atoms with Gasteiger partial charge >= 0.3 is 0 Å². The van der Waals surface area contributed by atoms with Crippen molar-refractivity contribution in [1.82, 2.24) is 0 Å². The van der Waals surface area contributed by atoms with E-state index in [-0.39, 0.29) is 6.10 Å². The third kappa shape index (κ3) is 12.7. The first-order chi connectivity index (χ1) is 14.5. The highest BCUT2D eigenvalue weighted by atomic mass is 16.3. The molecule has 30 heavy (non-hydrogen) atoms. The average Bonchev–Trinajstić information content (AvgIpc) is 2.72. The van der Waals surface area contributed by atoms with Crippen LogP contribution in [0.5, 0.6) is 0 Å². The Morgan fingerprint density at radius 2 is 1.13 bits per heavy atom. The molecule has 0 amide bonds. The number of hydrogen-bond acceptors (Lipinski definition) is 1. The molecule has 1 rings (SSSR count). The van der Waals surface area contributed by atoms with Gasteiger partial charge in [-0.15, -0.1) is 0 Å². The maximum Gasteiger partial charge on any atom is 0.117 e. The SMILES string of the molecule is CCCCCCCCCCCCCCCC[N+](C)(C)C(CC(C)O)c1ccccc1. The number of unbranched alkanes of at least 4 members (excludes halogenated alkanes) is 13. The van der Waals surface area contributed by atoms with Gasteiger partial charge in [-0.25, -0.2) is 0 Å². The number of aliphatic hydroxyl groups is 1. The van der Waals surface area contributed by atoms with Crippen molar-refractivity contribution in [3.05, 3.63) is 35.9 Å². The van der Waals surface area contributed by atoms with Crippen LogP contribution < -0.4 is 0 Å². The fourth-order valence-electron chi connectivity index (χ4n) is 4.69. The Bertz CT molecular complexity index is 497. The van der Waals surface area contributed by atoms with Crippen LogP contribution in [-0.2, 0) is 0 Å². The number of nitrogens with zero attached hydrogens (tertiary/aromatic N) is 1. The molecule has 0 aliphatic heterocycles. The average molecular weight is 419 g/mol. The molecular weight excluding hydrogens is 366 g/mol. The molecule has 174 valence electrons. The zero-order chi connectivity index (χ0) is 22.1. The molecule has 0 spiro atoms. The van der Waals surface area contributed by atoms with Crippen LogP contribution in [0.3, 0.4) is 0 Å². The molecule has 0 aliphatic carbocycles. The molecule has 0 fully saturated rings. The number of aliphatic hydroxyl groups excluding tert-OH is 1. The first kappa shape index (κ1) is 27.2. The minimum absolute atomic E-state index is 0.260. The van der Waals surface area contributed by atoms with Crippen molar-refractivity contribution in [2.24, 2.45) is 0 Å². The minimum Gasteiger partial charge on any atom is -0.393 e. The van der Waals surface area contributed by atoms with Gasteiger partial charge < -0.3 is 9.59 Å². The zero-order valence-electron chi connectivity index (χ0n) is 20.7. The Hall–Kier alpha value is -0.860. The lowest BCUT2D eigenvalue weighted by atomic mass is 9.97. The fourth-order valence-corrected chi connectivity index (χ4v) is 4.69. The summed E-state index contributed by atoms with van der Waals surface area (Å²) in [5, 5.41) is 10.0. The molecule has 0 aliphatic rings. The number of rotatable bonds is 19. The number of hydrogen-bond donors (Lipinski definition) is 1. The summed E-state index contributed by atoms with van der Waals surface area (Å²) in [4.78, 5) is 0. The normalized spacial score (nSPS) is 14.0. The topological polar surface area (TPSA) is 20.2 Å². The van der Waals surface area contributed by atoms with E-state index in [1.165, 1.54) is 102 Å². The second-order valence-electron chi connectivity index (χ2n) is 10.1. The maximum absolute atomic E-state index is 10.0. The first-order valence-corrected chi connectivity index (χ1v) is 13.0. The van der Waals surface area contributed by atoms with Crippen LogP contribution in [0.4, 0.5) is 0 Å². The van der Waals surface area contributed by atoms with Crippen molar-refractivity contribution in [3.8, 4) is 0 Å². The molecule has 2 nitrogen and oxygen atoms in total. The summed E-state index contributed by atoms with van der Waals surface area (Å²) < 4.78 is 0.965. The predicted octanol–water partition coefficient (Wildman–Crippen LogP) is 8.06. The van der Waals surface area contributed by atoms with E-state index in [1.807, 2.05) is 6.92 Å². The van der Waals surface area contributed by atoms with Gasteiger partial charge in [0.2, 0.25) is 0 Å². The van der Waals surface area contributed by atoms with Gasteiger partial charge in [0, 0.05) is 12.0 Å². The molecule has 2 atom stereocenters. The van der Waals surface area contributed by atoms with Crippen molar-refractivity contribution in [2.45, 2.75) is 122 Å².